The molecule has 1 aliphatic carbocycles. The van der Waals surface area contributed by atoms with Crippen LogP contribution in [-0.4, -0.2) is 120 Å². The van der Waals surface area contributed by atoms with E-state index in [1.54, 1.807) is 48.5 Å². The summed E-state index contributed by atoms with van der Waals surface area (Å²) >= 11 is 0. The highest BCUT2D eigenvalue weighted by Gasteiger charge is 2.41. The van der Waals surface area contributed by atoms with Gasteiger partial charge < -0.3 is 42.1 Å². The Kier molecular flexibility index (Phi) is 20.7. The maximum atomic E-state index is 13.6. The predicted octanol–water partition coefficient (Wildman–Crippen LogP) is 1.73. The van der Waals surface area contributed by atoms with Crippen molar-refractivity contribution in [2.75, 3.05) is 26.2 Å². The lowest BCUT2D eigenvalue weighted by atomic mass is 9.84. The van der Waals surface area contributed by atoms with Crippen molar-refractivity contribution in [1.82, 2.24) is 37.0 Å². The van der Waals surface area contributed by atoms with Crippen LogP contribution in [-0.2, 0) is 38.4 Å². The largest absolute Gasteiger partial charge is 0.492 e. The maximum absolute atomic E-state index is 13.6. The summed E-state index contributed by atoms with van der Waals surface area (Å²) in [7, 11) is 0. The Hall–Kier alpha value is -6.22. The molecule has 0 aromatic heterocycles. The monoisotopic (exact) mass is 916 g/mol. The zero-order valence-corrected chi connectivity index (χ0v) is 37.1. The van der Waals surface area contributed by atoms with Crippen LogP contribution in [0.1, 0.15) is 111 Å². The van der Waals surface area contributed by atoms with Crippen LogP contribution in [0.3, 0.4) is 0 Å². The van der Waals surface area contributed by atoms with Crippen LogP contribution < -0.4 is 37.8 Å². The molecule has 2 aromatic carbocycles. The average Bonchev–Trinajstić information content (AvgIpc) is 3.76. The standard InChI is InChI=1S/C30H51F3N8O8.C14H8O2/c1-6-7-10-20(40-25(44)19(5)38-24(43)18(4)34)26(45)36-16-23(42)39-21(15-17(2)3)28(47)41-14-8-11-22(41)27(46)35-12-9-13-37-49-29(48)30(31,32)33;15-13-9-5-1-2-6-10(9)14(16)12-8-4-3-7-11(12)13/h17-22,37H,6-16,34H2,1-5H3,(H,35,46)(H,36,45)(H,38,43)(H,39,42)(H,40,44);1-8H/t18-,19-,20-,21-,22-;/m0./s1. The summed E-state index contributed by atoms with van der Waals surface area (Å²) in [5.74, 6) is -5.95. The van der Waals surface area contributed by atoms with Crippen molar-refractivity contribution < 1.29 is 61.2 Å². The molecule has 65 heavy (non-hydrogen) atoms. The van der Waals surface area contributed by atoms with Gasteiger partial charge in [0, 0.05) is 41.9 Å². The van der Waals surface area contributed by atoms with Gasteiger partial charge in [0.15, 0.2) is 11.6 Å². The molecule has 0 bridgehead atoms. The first-order chi connectivity index (χ1) is 30.7. The predicted molar refractivity (Wildman–Crippen MR) is 229 cm³/mol. The van der Waals surface area contributed by atoms with Gasteiger partial charge in [-0.05, 0) is 51.9 Å². The molecule has 0 radical (unpaired) electrons. The number of halogens is 3. The highest BCUT2D eigenvalue weighted by molar-refractivity contribution is 6.28. The van der Waals surface area contributed by atoms with Gasteiger partial charge in [0.2, 0.25) is 35.4 Å². The molecular formula is C44H59F3N8O10. The lowest BCUT2D eigenvalue weighted by molar-refractivity contribution is -0.206. The fourth-order valence-electron chi connectivity index (χ4n) is 6.83. The number of nitrogens with two attached hydrogens (primary N) is 1. The van der Waals surface area contributed by atoms with E-state index in [1.165, 1.54) is 18.7 Å². The first-order valence-corrected chi connectivity index (χ1v) is 21.5. The van der Waals surface area contributed by atoms with Crippen molar-refractivity contribution in [3.8, 4) is 0 Å². The van der Waals surface area contributed by atoms with Crippen LogP contribution in [0, 0.1) is 5.92 Å². The molecule has 0 unspecified atom stereocenters. The molecule has 1 saturated heterocycles. The first-order valence-electron chi connectivity index (χ1n) is 21.5. The summed E-state index contributed by atoms with van der Waals surface area (Å²) in [6.45, 7) is 8.14. The van der Waals surface area contributed by atoms with E-state index in [0.29, 0.717) is 41.5 Å². The number of ketones is 2. The Bertz CT molecular complexity index is 1940. The minimum atomic E-state index is -5.14. The summed E-state index contributed by atoms with van der Waals surface area (Å²) < 4.78 is 36.5. The summed E-state index contributed by atoms with van der Waals surface area (Å²) in [4.78, 5) is 117. The topological polar surface area (TPSA) is 264 Å². The Labute approximate surface area is 375 Å². The average molecular weight is 917 g/mol. The van der Waals surface area contributed by atoms with Crippen LogP contribution in [0.2, 0.25) is 0 Å². The Morgan fingerprint density at radius 1 is 0.769 bits per heavy atom. The molecule has 1 fully saturated rings. The lowest BCUT2D eigenvalue weighted by Crippen LogP contribution is -2.56. The second kappa shape index (κ2) is 25.3. The van der Waals surface area contributed by atoms with Gasteiger partial charge in [-0.1, -0.05) is 82.1 Å². The van der Waals surface area contributed by atoms with Crippen LogP contribution in [0.25, 0.3) is 0 Å². The van der Waals surface area contributed by atoms with Gasteiger partial charge in [-0.2, -0.15) is 18.7 Å². The van der Waals surface area contributed by atoms with Gasteiger partial charge in [0.25, 0.3) is 0 Å². The molecule has 4 rings (SSSR count). The molecule has 6 amide bonds. The number of hydroxylamine groups is 1. The third-order valence-electron chi connectivity index (χ3n) is 10.2. The lowest BCUT2D eigenvalue weighted by Gasteiger charge is -2.29. The first kappa shape index (κ1) is 53.1. The van der Waals surface area contributed by atoms with Crippen LogP contribution in [0.15, 0.2) is 48.5 Å². The van der Waals surface area contributed by atoms with Gasteiger partial charge in [-0.3, -0.25) is 38.4 Å². The summed E-state index contributed by atoms with van der Waals surface area (Å²) in [5, 5.41) is 12.8. The van der Waals surface area contributed by atoms with Crippen molar-refractivity contribution in [2.45, 2.75) is 116 Å². The van der Waals surface area contributed by atoms with E-state index in [4.69, 9.17) is 5.73 Å². The zero-order valence-electron chi connectivity index (χ0n) is 37.1. The molecule has 1 heterocycles. The number of alkyl halides is 3. The van der Waals surface area contributed by atoms with Crippen molar-refractivity contribution in [3.63, 3.8) is 0 Å². The molecule has 21 heteroatoms. The number of carbonyl (C=O) groups excluding carboxylic acids is 9. The number of nitrogens with zero attached hydrogens (tertiary/aromatic N) is 1. The van der Waals surface area contributed by atoms with Crippen LogP contribution >= 0.6 is 0 Å². The van der Waals surface area contributed by atoms with Crippen molar-refractivity contribution >= 4 is 53.0 Å². The Morgan fingerprint density at radius 3 is 1.85 bits per heavy atom. The van der Waals surface area contributed by atoms with Crippen molar-refractivity contribution in [1.29, 1.82) is 0 Å². The number of fused-ring (bicyclic) bond motifs is 2. The molecule has 2 aromatic rings. The van der Waals surface area contributed by atoms with Crippen molar-refractivity contribution in [2.24, 2.45) is 11.7 Å². The fraction of sp³-hybridized carbons (Fsp3) is 0.523. The highest BCUT2D eigenvalue weighted by atomic mass is 19.4. The van der Waals surface area contributed by atoms with Crippen LogP contribution in [0.4, 0.5) is 13.2 Å². The van der Waals surface area contributed by atoms with E-state index in [2.05, 4.69) is 31.4 Å². The maximum Gasteiger partial charge on any atom is 0.492 e. The molecule has 0 spiro atoms. The molecule has 5 atom stereocenters. The summed E-state index contributed by atoms with van der Waals surface area (Å²) in [6, 6.07) is 9.28. The van der Waals surface area contributed by atoms with E-state index in [-0.39, 0.29) is 56.4 Å². The van der Waals surface area contributed by atoms with E-state index in [0.717, 1.165) is 6.42 Å². The number of benzene rings is 2. The summed E-state index contributed by atoms with van der Waals surface area (Å²) in [5.41, 5.74) is 9.43. The molecule has 1 aliphatic heterocycles. The zero-order chi connectivity index (χ0) is 48.4. The van der Waals surface area contributed by atoms with Crippen molar-refractivity contribution in [3.05, 3.63) is 70.8 Å². The van der Waals surface area contributed by atoms with E-state index >= 15 is 0 Å². The third-order valence-corrected chi connectivity index (χ3v) is 10.2. The number of carbonyl (C=O) groups is 9. The minimum Gasteiger partial charge on any atom is -0.364 e. The Morgan fingerprint density at radius 2 is 1.34 bits per heavy atom. The minimum absolute atomic E-state index is 0.0277. The number of hydrogen-bond acceptors (Lipinski definition) is 12. The smallest absolute Gasteiger partial charge is 0.364 e. The number of rotatable bonds is 20. The number of likely N-dealkylation sites (tertiary alicyclic amines) is 1. The SMILES string of the molecule is CCCC[C@H](NC(=O)[C@H](C)NC(=O)[C@H](C)N)C(=O)NCC(=O)N[C@@H](CC(C)C)C(=O)N1CCC[C@H]1C(=O)NCCCNOC(=O)C(F)(F)F.O=C1c2ccccc2C(=O)c2ccccc21. The highest BCUT2D eigenvalue weighted by Crippen LogP contribution is 2.27. The fourth-order valence-corrected chi connectivity index (χ4v) is 6.83. The van der Waals surface area contributed by atoms with Gasteiger partial charge >= 0.3 is 12.1 Å². The molecule has 2 aliphatic rings. The molecule has 0 saturated carbocycles. The number of amides is 6. The van der Waals surface area contributed by atoms with E-state index in [9.17, 15) is 56.3 Å². The van der Waals surface area contributed by atoms with Gasteiger partial charge in [0.05, 0.1) is 12.6 Å². The second-order valence-electron chi connectivity index (χ2n) is 16.1. The third kappa shape index (κ3) is 16.1. The molecule has 18 nitrogen and oxygen atoms in total. The number of unbranched alkanes of at least 4 members (excludes halogenated alkanes) is 1. The van der Waals surface area contributed by atoms with Gasteiger partial charge in [0.1, 0.15) is 24.2 Å². The second-order valence-corrected chi connectivity index (χ2v) is 16.1. The quantitative estimate of drug-likeness (QED) is 0.0632. The molecule has 356 valence electrons. The molecule has 8 N–H and O–H groups in total. The van der Waals surface area contributed by atoms with Crippen LogP contribution in [0.5, 0.6) is 0 Å². The molecular weight excluding hydrogens is 858 g/mol. The number of nitrogens with one attached hydrogen (secondary N) is 6. The normalized spacial score (nSPS) is 16.0. The van der Waals surface area contributed by atoms with Gasteiger partial charge in [-0.15, -0.1) is 0 Å². The van der Waals surface area contributed by atoms with E-state index < -0.39 is 84.3 Å². The van der Waals surface area contributed by atoms with Gasteiger partial charge in [-0.25, -0.2) is 4.79 Å². The number of hydrogen-bond donors (Lipinski definition) is 7. The Balaban J connectivity index is 0.000000574. The summed E-state index contributed by atoms with van der Waals surface area (Å²) in [6.07, 6.45) is -2.29. The van der Waals surface area contributed by atoms with E-state index in [1.807, 2.05) is 26.3 Å².